The molecule has 33 heavy (non-hydrogen) atoms. The Hall–Kier alpha value is -3.81. The van der Waals surface area contributed by atoms with Gasteiger partial charge in [0.05, 0.1) is 18.7 Å². The van der Waals surface area contributed by atoms with E-state index in [4.69, 9.17) is 4.74 Å². The number of hydrogen-bond acceptors (Lipinski definition) is 4. The van der Waals surface area contributed by atoms with Crippen LogP contribution in [0.3, 0.4) is 0 Å². The highest BCUT2D eigenvalue weighted by molar-refractivity contribution is 6.00. The number of aryl methyl sites for hydroxylation is 2. The van der Waals surface area contributed by atoms with Crippen molar-refractivity contribution in [3.8, 4) is 0 Å². The molecule has 1 aliphatic heterocycles. The normalized spacial score (nSPS) is 15.7. The average molecular weight is 451 g/mol. The van der Waals surface area contributed by atoms with E-state index in [1.54, 1.807) is 36.1 Å². The number of urea groups is 2. The summed E-state index contributed by atoms with van der Waals surface area (Å²) in [7, 11) is 1.32. The average Bonchev–Trinajstić information content (AvgIpc) is 2.78. The first-order valence-electron chi connectivity index (χ1n) is 10.9. The Kier molecular flexibility index (Phi) is 7.37. The third kappa shape index (κ3) is 5.34. The number of benzene rings is 2. The smallest absolute Gasteiger partial charge is 0.337 e. The van der Waals surface area contributed by atoms with Crippen molar-refractivity contribution >= 4 is 29.4 Å². The van der Waals surface area contributed by atoms with Crippen LogP contribution in [0.25, 0.3) is 0 Å². The van der Waals surface area contributed by atoms with Crippen molar-refractivity contribution in [3.63, 3.8) is 0 Å². The van der Waals surface area contributed by atoms with Crippen LogP contribution in [0.2, 0.25) is 0 Å². The number of rotatable bonds is 6. The van der Waals surface area contributed by atoms with Crippen LogP contribution in [0.1, 0.15) is 43.0 Å². The first-order valence-corrected chi connectivity index (χ1v) is 10.9. The Balaban J connectivity index is 1.78. The van der Waals surface area contributed by atoms with E-state index in [-0.39, 0.29) is 12.1 Å². The van der Waals surface area contributed by atoms with Gasteiger partial charge in [0.2, 0.25) is 0 Å². The van der Waals surface area contributed by atoms with Gasteiger partial charge in [0.1, 0.15) is 0 Å². The number of carbonyl (C=O) groups excluding carboxylic acids is 3. The summed E-state index contributed by atoms with van der Waals surface area (Å²) in [5.41, 5.74) is 5.09. The molecule has 0 aromatic heterocycles. The molecule has 8 nitrogen and oxygen atoms in total. The van der Waals surface area contributed by atoms with E-state index in [1.807, 2.05) is 39.0 Å². The zero-order valence-electron chi connectivity index (χ0n) is 19.6. The predicted octanol–water partition coefficient (Wildman–Crippen LogP) is 4.87. The molecule has 0 radical (unpaired) electrons. The number of esters is 1. The van der Waals surface area contributed by atoms with Crippen LogP contribution in [0, 0.1) is 13.8 Å². The number of amides is 4. The SMILES string of the molecule is CCCN1C(=O)N[C@H](c2ccc(NC(=O)Nc3ccc(C)cc3C)cc2)C(C(=O)OC)=C1C. The topological polar surface area (TPSA) is 99.8 Å². The first kappa shape index (κ1) is 23.8. The maximum atomic E-state index is 12.6. The summed E-state index contributed by atoms with van der Waals surface area (Å²) < 4.78 is 4.98. The van der Waals surface area contributed by atoms with Crippen LogP contribution in [-0.4, -0.2) is 36.6 Å². The zero-order valence-corrected chi connectivity index (χ0v) is 19.6. The second-order valence-electron chi connectivity index (χ2n) is 8.04. The molecule has 0 bridgehead atoms. The number of nitrogens with zero attached hydrogens (tertiary/aromatic N) is 1. The van der Waals surface area contributed by atoms with Gasteiger partial charge in [0.15, 0.2) is 0 Å². The molecule has 0 unspecified atom stereocenters. The molecule has 2 aromatic rings. The van der Waals surface area contributed by atoms with Crippen molar-refractivity contribution in [1.29, 1.82) is 0 Å². The van der Waals surface area contributed by atoms with E-state index in [2.05, 4.69) is 16.0 Å². The first-order chi connectivity index (χ1) is 15.7. The number of nitrogens with one attached hydrogen (secondary N) is 3. The fraction of sp³-hybridized carbons (Fsp3) is 0.320. The monoisotopic (exact) mass is 450 g/mol. The summed E-state index contributed by atoms with van der Waals surface area (Å²) in [5.74, 6) is -0.492. The largest absolute Gasteiger partial charge is 0.466 e. The molecule has 174 valence electrons. The molecule has 1 aliphatic rings. The van der Waals surface area contributed by atoms with E-state index in [1.165, 1.54) is 7.11 Å². The molecular formula is C25H30N4O4. The summed E-state index contributed by atoms with van der Waals surface area (Å²) in [6.07, 6.45) is 0.758. The van der Waals surface area contributed by atoms with Gasteiger partial charge in [-0.1, -0.05) is 36.8 Å². The van der Waals surface area contributed by atoms with Crippen LogP contribution < -0.4 is 16.0 Å². The van der Waals surface area contributed by atoms with Gasteiger partial charge in [-0.15, -0.1) is 0 Å². The van der Waals surface area contributed by atoms with Crippen molar-refractivity contribution in [3.05, 3.63) is 70.4 Å². The van der Waals surface area contributed by atoms with Gasteiger partial charge in [-0.25, -0.2) is 14.4 Å². The molecule has 0 saturated carbocycles. The van der Waals surface area contributed by atoms with E-state index >= 15 is 0 Å². The highest BCUT2D eigenvalue weighted by atomic mass is 16.5. The molecule has 0 aliphatic carbocycles. The van der Waals surface area contributed by atoms with Crippen molar-refractivity contribution in [2.75, 3.05) is 24.3 Å². The Morgan fingerprint density at radius 1 is 1.06 bits per heavy atom. The number of anilines is 2. The lowest BCUT2D eigenvalue weighted by Gasteiger charge is -2.35. The molecule has 4 amide bonds. The van der Waals surface area contributed by atoms with Gasteiger partial charge in [0.25, 0.3) is 0 Å². The molecule has 0 saturated heterocycles. The summed E-state index contributed by atoms with van der Waals surface area (Å²) >= 11 is 0. The summed E-state index contributed by atoms with van der Waals surface area (Å²) in [4.78, 5) is 39.1. The maximum Gasteiger partial charge on any atom is 0.337 e. The summed E-state index contributed by atoms with van der Waals surface area (Å²) in [6, 6.07) is 11.5. The van der Waals surface area contributed by atoms with Crippen LogP contribution in [0.15, 0.2) is 53.7 Å². The maximum absolute atomic E-state index is 12.6. The highest BCUT2D eigenvalue weighted by Gasteiger charge is 2.35. The van der Waals surface area contributed by atoms with Gasteiger partial charge in [0, 0.05) is 23.6 Å². The Labute approximate surface area is 194 Å². The second-order valence-corrected chi connectivity index (χ2v) is 8.04. The molecule has 8 heteroatoms. The quantitative estimate of drug-likeness (QED) is 0.547. The van der Waals surface area contributed by atoms with Crippen LogP contribution >= 0.6 is 0 Å². The fourth-order valence-corrected chi connectivity index (χ4v) is 3.90. The van der Waals surface area contributed by atoms with Crippen LogP contribution in [0.4, 0.5) is 21.0 Å². The van der Waals surface area contributed by atoms with Crippen molar-refractivity contribution in [2.45, 2.75) is 40.2 Å². The number of carbonyl (C=O) groups is 3. The van der Waals surface area contributed by atoms with E-state index in [9.17, 15) is 14.4 Å². The lowest BCUT2D eigenvalue weighted by Crippen LogP contribution is -2.48. The van der Waals surface area contributed by atoms with Crippen molar-refractivity contribution in [2.24, 2.45) is 0 Å². The van der Waals surface area contributed by atoms with Crippen molar-refractivity contribution in [1.82, 2.24) is 10.2 Å². The number of ether oxygens (including phenoxy) is 1. The minimum Gasteiger partial charge on any atom is -0.466 e. The number of allylic oxidation sites excluding steroid dienone is 1. The Bertz CT molecular complexity index is 1090. The minimum absolute atomic E-state index is 0.262. The lowest BCUT2D eigenvalue weighted by atomic mass is 9.94. The van der Waals surface area contributed by atoms with Crippen LogP contribution in [-0.2, 0) is 9.53 Å². The predicted molar refractivity (Wildman–Crippen MR) is 128 cm³/mol. The highest BCUT2D eigenvalue weighted by Crippen LogP contribution is 2.32. The number of hydrogen-bond donors (Lipinski definition) is 3. The fourth-order valence-electron chi connectivity index (χ4n) is 3.90. The van der Waals surface area contributed by atoms with E-state index in [0.29, 0.717) is 29.1 Å². The van der Waals surface area contributed by atoms with Gasteiger partial charge >= 0.3 is 18.0 Å². The van der Waals surface area contributed by atoms with Gasteiger partial charge in [-0.3, -0.25) is 4.90 Å². The molecule has 3 N–H and O–H groups in total. The van der Waals surface area contributed by atoms with E-state index in [0.717, 1.165) is 23.2 Å². The second kappa shape index (κ2) is 10.2. The molecule has 2 aromatic carbocycles. The standard InChI is InChI=1S/C25H30N4O4/c1-6-13-29-17(4)21(23(30)33-5)22(28-25(29)32)18-8-10-19(11-9-18)26-24(31)27-20-12-7-15(2)14-16(20)3/h7-12,14,22H,6,13H2,1-5H3,(H,28,32)(H2,26,27,31)/t22-/m1/s1. The van der Waals surface area contributed by atoms with E-state index < -0.39 is 12.0 Å². The number of methoxy groups -OCH3 is 1. The van der Waals surface area contributed by atoms with Crippen LogP contribution in [0.5, 0.6) is 0 Å². The van der Waals surface area contributed by atoms with Crippen molar-refractivity contribution < 1.29 is 19.1 Å². The lowest BCUT2D eigenvalue weighted by molar-refractivity contribution is -0.136. The molecule has 1 heterocycles. The van der Waals surface area contributed by atoms with Gasteiger partial charge in [-0.2, -0.15) is 0 Å². The Morgan fingerprint density at radius 2 is 1.76 bits per heavy atom. The molecule has 0 fully saturated rings. The van der Waals surface area contributed by atoms with Gasteiger partial charge in [-0.05, 0) is 56.5 Å². The zero-order chi connectivity index (χ0) is 24.1. The summed E-state index contributed by atoms with van der Waals surface area (Å²) in [5, 5.41) is 8.54. The molecule has 0 spiro atoms. The molecule has 3 rings (SSSR count). The minimum atomic E-state index is -0.642. The third-order valence-electron chi connectivity index (χ3n) is 5.58. The third-order valence-corrected chi connectivity index (χ3v) is 5.58. The molecule has 1 atom stereocenters. The molecular weight excluding hydrogens is 420 g/mol. The Morgan fingerprint density at radius 3 is 2.36 bits per heavy atom. The van der Waals surface area contributed by atoms with Gasteiger partial charge < -0.3 is 20.7 Å². The summed E-state index contributed by atoms with van der Waals surface area (Å²) in [6.45, 7) is 8.15.